The molecule has 0 bridgehead atoms. The molecule has 0 heterocycles. The van der Waals surface area contributed by atoms with Gasteiger partial charge in [-0.3, -0.25) is 0 Å². The second-order valence-electron chi connectivity index (χ2n) is 2.75. The predicted octanol–water partition coefficient (Wildman–Crippen LogP) is 3.18. The molecule has 2 aromatic carbocycles. The number of rotatable bonds is 0. The van der Waals surface area contributed by atoms with Crippen LogP contribution in [0, 0.1) is 0 Å². The molecule has 0 unspecified atom stereocenters. The van der Waals surface area contributed by atoms with Crippen LogP contribution in [0.3, 0.4) is 0 Å². The third kappa shape index (κ3) is 1.15. The number of benzene rings is 2. The van der Waals surface area contributed by atoms with E-state index in [1.54, 1.807) is 0 Å². The van der Waals surface area contributed by atoms with E-state index in [0.717, 1.165) is 0 Å². The maximum absolute atomic E-state index is 8.38. The molecule has 0 amide bonds. The van der Waals surface area contributed by atoms with Crippen molar-refractivity contribution >= 4 is 0 Å². The number of hydrogen-bond acceptors (Lipinski definition) is 0. The molecule has 68 valence electrons. The zero-order chi connectivity index (χ0) is 19.9. The van der Waals surface area contributed by atoms with Gasteiger partial charge in [-0.2, -0.15) is 0 Å². The lowest BCUT2D eigenvalue weighted by atomic mass is 9.86. The third-order valence-corrected chi connectivity index (χ3v) is 1.88. The van der Waals surface area contributed by atoms with Gasteiger partial charge < -0.3 is 0 Å². The Labute approximate surface area is 101 Å². The monoisotopic (exact) mass is 192 g/mol. The van der Waals surface area contributed by atoms with Crippen LogP contribution in [0.5, 0.6) is 0 Å². The zero-order valence-electron chi connectivity index (χ0n) is 19.0. The van der Waals surface area contributed by atoms with Crippen molar-refractivity contribution in [2.24, 2.45) is 0 Å². The van der Waals surface area contributed by atoms with Crippen LogP contribution < -0.4 is 0 Å². The minimum absolute atomic E-state index is 0.647. The van der Waals surface area contributed by atoms with E-state index in [1.807, 2.05) is 0 Å². The Morgan fingerprint density at radius 1 is 0.714 bits per heavy atom. The summed E-state index contributed by atoms with van der Waals surface area (Å²) in [4.78, 5) is 0. The smallest absolute Gasteiger partial charge is 0.0620 e. The summed E-state index contributed by atoms with van der Waals surface area (Å²) in [6.07, 6.45) is -5.47. The Morgan fingerprint density at radius 3 is 1.29 bits per heavy atom. The van der Waals surface area contributed by atoms with Crippen LogP contribution in [-0.4, -0.2) is 0 Å². The average molecular weight is 192 g/mol. The van der Waals surface area contributed by atoms with E-state index in [-0.39, 0.29) is 0 Å². The molecule has 0 aromatic heterocycles. The average Bonchev–Trinajstić information content (AvgIpc) is 2.55. The summed E-state index contributed by atoms with van der Waals surface area (Å²) in [6.45, 7) is 0. The van der Waals surface area contributed by atoms with Crippen molar-refractivity contribution in [1.82, 2.24) is 0 Å². The Hall–Kier alpha value is -1.56. The molecule has 0 nitrogen and oxygen atoms in total. The van der Waals surface area contributed by atoms with Crippen molar-refractivity contribution in [2.45, 2.75) is 12.7 Å². The van der Waals surface area contributed by atoms with Crippen LogP contribution in [-0.2, 0) is 12.7 Å². The largest absolute Gasteiger partial charge is 0.0626 e. The SMILES string of the molecule is [2H]c1c([2H])c([2H])c2c(c1[2H])C([2H])([2H])c1c([2H])c([2H])c([2H])c([2H])c1C2([2H])[2H]. The minimum Gasteiger partial charge on any atom is -0.0620 e. The molecule has 0 heteroatoms. The second-order valence-corrected chi connectivity index (χ2v) is 2.75. The minimum atomic E-state index is -2.73. The van der Waals surface area contributed by atoms with E-state index < -0.39 is 83.3 Å². The standard InChI is InChI=1S/C14H12/c1-2-6-12-10-14-8-4-3-7-13(14)9-11(12)5-1/h1-8H,9-10H2/i1D,2D,3D,4D,5D,6D,7D,8D,9D2,10D2. The van der Waals surface area contributed by atoms with Crippen LogP contribution in [0.2, 0.25) is 0 Å². The predicted molar refractivity (Wildman–Crippen MR) is 58.5 cm³/mol. The zero-order valence-corrected chi connectivity index (χ0v) is 7.00. The molecular weight excluding hydrogens is 168 g/mol. The molecule has 0 N–H and O–H groups in total. The Balaban J connectivity index is 2.64. The summed E-state index contributed by atoms with van der Waals surface area (Å²) in [5.74, 6) is 0. The van der Waals surface area contributed by atoms with Gasteiger partial charge >= 0.3 is 0 Å². The highest BCUT2D eigenvalue weighted by molar-refractivity contribution is 5.44. The van der Waals surface area contributed by atoms with Gasteiger partial charge in [0.25, 0.3) is 0 Å². The van der Waals surface area contributed by atoms with Gasteiger partial charge in [0.1, 0.15) is 0 Å². The molecule has 0 spiro atoms. The lowest BCUT2D eigenvalue weighted by molar-refractivity contribution is 1.00. The van der Waals surface area contributed by atoms with Crippen molar-refractivity contribution in [1.29, 1.82) is 0 Å². The molecular formula is C14H12. The summed E-state index contributed by atoms with van der Waals surface area (Å²) in [5.41, 5.74) is -2.59. The second kappa shape index (κ2) is 2.98. The summed E-state index contributed by atoms with van der Waals surface area (Å²) in [7, 11) is 0. The van der Waals surface area contributed by atoms with E-state index in [0.29, 0.717) is 0 Å². The van der Waals surface area contributed by atoms with Crippen molar-refractivity contribution < 1.29 is 16.4 Å². The molecule has 0 fully saturated rings. The maximum Gasteiger partial charge on any atom is 0.0626 e. The summed E-state index contributed by atoms with van der Waals surface area (Å²) in [5, 5.41) is 0. The van der Waals surface area contributed by atoms with Gasteiger partial charge in [-0.15, -0.1) is 0 Å². The molecule has 0 saturated carbocycles. The van der Waals surface area contributed by atoms with Crippen LogP contribution in [0.15, 0.2) is 48.3 Å². The highest BCUT2D eigenvalue weighted by atomic mass is 14.2. The molecule has 0 atom stereocenters. The van der Waals surface area contributed by atoms with Gasteiger partial charge in [0.05, 0.1) is 11.0 Å². The van der Waals surface area contributed by atoms with E-state index in [1.165, 1.54) is 0 Å². The number of fused-ring (bicyclic) bond motifs is 2. The van der Waals surface area contributed by atoms with Crippen LogP contribution in [0.4, 0.5) is 0 Å². The van der Waals surface area contributed by atoms with Crippen molar-refractivity contribution in [3.05, 3.63) is 70.6 Å². The fourth-order valence-corrected chi connectivity index (χ4v) is 1.25. The lowest BCUT2D eigenvalue weighted by Gasteiger charge is -2.18. The first-order valence-electron chi connectivity index (χ1n) is 10.0. The van der Waals surface area contributed by atoms with E-state index in [2.05, 4.69) is 0 Å². The molecule has 2 aromatic rings. The van der Waals surface area contributed by atoms with Crippen molar-refractivity contribution in [3.63, 3.8) is 0 Å². The first kappa shape index (κ1) is 2.33. The van der Waals surface area contributed by atoms with Crippen LogP contribution in [0.1, 0.15) is 38.7 Å². The Kier molecular flexibility index (Phi) is 0.496. The van der Waals surface area contributed by atoms with E-state index >= 15 is 0 Å². The van der Waals surface area contributed by atoms with Gasteiger partial charge in [0.15, 0.2) is 0 Å². The van der Waals surface area contributed by atoms with Gasteiger partial charge in [-0.1, -0.05) is 48.3 Å². The van der Waals surface area contributed by atoms with Crippen LogP contribution >= 0.6 is 0 Å². The van der Waals surface area contributed by atoms with E-state index in [9.17, 15) is 0 Å². The molecule has 1 aliphatic rings. The summed E-state index contributed by atoms with van der Waals surface area (Å²) in [6, 6.07) is -6.03. The van der Waals surface area contributed by atoms with Gasteiger partial charge in [-0.25, -0.2) is 0 Å². The van der Waals surface area contributed by atoms with Crippen molar-refractivity contribution in [2.75, 3.05) is 0 Å². The van der Waals surface area contributed by atoms with E-state index in [4.69, 9.17) is 16.4 Å². The molecule has 1 aliphatic carbocycles. The summed E-state index contributed by atoms with van der Waals surface area (Å²) >= 11 is 0. The highest BCUT2D eigenvalue weighted by Crippen LogP contribution is 2.26. The number of hydrogen-bond donors (Lipinski definition) is 0. The quantitative estimate of drug-likeness (QED) is 0.601. The Bertz CT molecular complexity index is 822. The molecule has 0 saturated heterocycles. The van der Waals surface area contributed by atoms with Gasteiger partial charge in [-0.05, 0) is 35.0 Å². The van der Waals surface area contributed by atoms with Crippen LogP contribution in [0.25, 0.3) is 0 Å². The molecule has 14 heavy (non-hydrogen) atoms. The maximum atomic E-state index is 8.38. The topological polar surface area (TPSA) is 0 Å². The first-order chi connectivity index (χ1) is 11.8. The summed E-state index contributed by atoms with van der Waals surface area (Å²) < 4.78 is 96.6. The lowest BCUT2D eigenvalue weighted by Crippen LogP contribution is -2.06. The molecule has 0 aliphatic heterocycles. The molecule has 3 rings (SSSR count). The van der Waals surface area contributed by atoms with Gasteiger partial charge in [0.2, 0.25) is 0 Å². The fourth-order valence-electron chi connectivity index (χ4n) is 1.25. The van der Waals surface area contributed by atoms with Crippen molar-refractivity contribution in [3.8, 4) is 0 Å². The van der Waals surface area contributed by atoms with Gasteiger partial charge in [0, 0.05) is 5.48 Å². The Morgan fingerprint density at radius 2 is 1.00 bits per heavy atom. The first-order valence-corrected chi connectivity index (χ1v) is 4.00. The third-order valence-electron chi connectivity index (χ3n) is 1.88. The normalized spacial score (nSPS) is 32.6. The highest BCUT2D eigenvalue weighted by Gasteiger charge is 2.12. The fraction of sp³-hybridized carbons (Fsp3) is 0.143. The molecule has 0 radical (unpaired) electrons.